The van der Waals surface area contributed by atoms with Gasteiger partial charge in [0, 0.05) is 37.0 Å². The van der Waals surface area contributed by atoms with E-state index in [1.54, 1.807) is 7.11 Å². The van der Waals surface area contributed by atoms with Crippen molar-refractivity contribution in [2.24, 2.45) is 5.92 Å². The second-order valence-electron chi connectivity index (χ2n) is 6.67. The van der Waals surface area contributed by atoms with Crippen LogP contribution in [0.1, 0.15) is 49.8 Å². The Morgan fingerprint density at radius 1 is 1.39 bits per heavy atom. The third-order valence-corrected chi connectivity index (χ3v) is 6.36. The Balaban J connectivity index is 1.73. The lowest BCUT2D eigenvalue weighted by molar-refractivity contribution is 0.284. The highest BCUT2D eigenvalue weighted by Crippen LogP contribution is 2.41. The maximum Gasteiger partial charge on any atom is 0.123 e. The first-order chi connectivity index (χ1) is 11.3. The largest absolute Gasteiger partial charge is 0.496 e. The molecule has 0 bridgehead atoms. The molecule has 0 spiro atoms. The number of aryl methyl sites for hydroxylation is 1. The molecule has 2 aliphatic rings. The summed E-state index contributed by atoms with van der Waals surface area (Å²) in [5, 5.41) is 3.88. The van der Waals surface area contributed by atoms with Gasteiger partial charge in [-0.1, -0.05) is 37.4 Å². The van der Waals surface area contributed by atoms with Crippen LogP contribution in [0.2, 0.25) is 0 Å². The summed E-state index contributed by atoms with van der Waals surface area (Å²) in [6.07, 6.45) is 6.38. The molecule has 0 aromatic heterocycles. The van der Waals surface area contributed by atoms with E-state index in [0.717, 1.165) is 24.8 Å². The molecule has 1 aromatic carbocycles. The van der Waals surface area contributed by atoms with Gasteiger partial charge in [0.15, 0.2) is 0 Å². The summed E-state index contributed by atoms with van der Waals surface area (Å²) in [6, 6.07) is 6.99. The van der Waals surface area contributed by atoms with E-state index in [4.69, 9.17) is 4.74 Å². The Morgan fingerprint density at radius 2 is 2.30 bits per heavy atom. The van der Waals surface area contributed by atoms with E-state index >= 15 is 0 Å². The zero-order valence-electron chi connectivity index (χ0n) is 14.5. The van der Waals surface area contributed by atoms with Gasteiger partial charge < -0.3 is 10.1 Å². The van der Waals surface area contributed by atoms with Crippen LogP contribution in [0.5, 0.6) is 5.75 Å². The number of nitrogens with zero attached hydrogens (tertiary/aromatic N) is 1. The Bertz CT molecular complexity index is 488. The summed E-state index contributed by atoms with van der Waals surface area (Å²) in [4.78, 5) is 0. The average Bonchev–Trinajstić information content (AvgIpc) is 3.09. The summed E-state index contributed by atoms with van der Waals surface area (Å²) < 4.78 is 8.20. The van der Waals surface area contributed by atoms with Crippen molar-refractivity contribution in [2.75, 3.05) is 32.5 Å². The number of rotatable bonds is 7. The lowest BCUT2D eigenvalue weighted by Gasteiger charge is -2.35. The molecule has 1 aliphatic heterocycles. The van der Waals surface area contributed by atoms with E-state index in [2.05, 4.69) is 34.7 Å². The zero-order valence-corrected chi connectivity index (χ0v) is 15.3. The molecule has 1 aromatic rings. The van der Waals surface area contributed by atoms with Crippen molar-refractivity contribution in [1.29, 1.82) is 0 Å². The minimum Gasteiger partial charge on any atom is -0.496 e. The predicted octanol–water partition coefficient (Wildman–Crippen LogP) is 4.04. The molecule has 2 unspecified atom stereocenters. The van der Waals surface area contributed by atoms with Gasteiger partial charge in [-0.15, -0.1) is 0 Å². The van der Waals surface area contributed by atoms with Crippen LogP contribution in [0.4, 0.5) is 0 Å². The van der Waals surface area contributed by atoms with Crippen molar-refractivity contribution in [3.63, 3.8) is 0 Å². The van der Waals surface area contributed by atoms with Gasteiger partial charge in [0.2, 0.25) is 0 Å². The van der Waals surface area contributed by atoms with Crippen LogP contribution in [-0.2, 0) is 6.42 Å². The summed E-state index contributed by atoms with van der Waals surface area (Å²) in [6.45, 7) is 5.75. The van der Waals surface area contributed by atoms with Gasteiger partial charge in [-0.25, -0.2) is 4.31 Å². The van der Waals surface area contributed by atoms with Gasteiger partial charge >= 0.3 is 0 Å². The Hall–Kier alpha value is -0.710. The van der Waals surface area contributed by atoms with Crippen molar-refractivity contribution < 1.29 is 4.74 Å². The molecule has 3 rings (SSSR count). The van der Waals surface area contributed by atoms with Crippen molar-refractivity contribution in [3.8, 4) is 5.75 Å². The van der Waals surface area contributed by atoms with Crippen LogP contribution in [0.25, 0.3) is 0 Å². The van der Waals surface area contributed by atoms with Crippen LogP contribution < -0.4 is 10.1 Å². The van der Waals surface area contributed by atoms with E-state index in [1.807, 2.05) is 11.9 Å². The maximum absolute atomic E-state index is 5.69. The number of fused-ring (bicyclic) bond motifs is 1. The van der Waals surface area contributed by atoms with Gasteiger partial charge in [0.1, 0.15) is 5.75 Å². The SMILES string of the molecule is CCCC1CCc2cccc(OC)c2C1NCCN1CCCS1. The molecule has 2 atom stereocenters. The molecular weight excluding hydrogens is 304 g/mol. The highest BCUT2D eigenvalue weighted by Gasteiger charge is 2.31. The van der Waals surface area contributed by atoms with Gasteiger partial charge in [0.25, 0.3) is 0 Å². The van der Waals surface area contributed by atoms with Crippen LogP contribution in [-0.4, -0.2) is 36.8 Å². The molecule has 0 amide bonds. The van der Waals surface area contributed by atoms with Gasteiger partial charge in [-0.3, -0.25) is 0 Å². The smallest absolute Gasteiger partial charge is 0.123 e. The van der Waals surface area contributed by atoms with Crippen LogP contribution >= 0.6 is 11.9 Å². The van der Waals surface area contributed by atoms with E-state index < -0.39 is 0 Å². The van der Waals surface area contributed by atoms with Gasteiger partial charge in [0.05, 0.1) is 7.11 Å². The molecule has 23 heavy (non-hydrogen) atoms. The highest BCUT2D eigenvalue weighted by molar-refractivity contribution is 7.97. The third-order valence-electron chi connectivity index (χ3n) is 5.15. The standard InChI is InChI=1S/C19H30N2OS/c1-3-6-16-10-9-15-7-4-8-17(22-2)18(15)19(16)20-11-13-21-12-5-14-23-21/h4,7-8,16,19-20H,3,5-6,9-14H2,1-2H3. The molecule has 1 saturated heterocycles. The van der Waals surface area contributed by atoms with E-state index in [9.17, 15) is 0 Å². The van der Waals surface area contributed by atoms with E-state index in [-0.39, 0.29) is 0 Å². The molecule has 3 nitrogen and oxygen atoms in total. The van der Waals surface area contributed by atoms with E-state index in [1.165, 1.54) is 55.5 Å². The van der Waals surface area contributed by atoms with Crippen LogP contribution in [0, 0.1) is 5.92 Å². The quantitative estimate of drug-likeness (QED) is 0.761. The minimum atomic E-state index is 0.447. The second kappa shape index (κ2) is 8.41. The van der Waals surface area contributed by atoms with Crippen molar-refractivity contribution >= 4 is 11.9 Å². The van der Waals surface area contributed by atoms with Crippen molar-refractivity contribution in [1.82, 2.24) is 9.62 Å². The van der Waals surface area contributed by atoms with Crippen molar-refractivity contribution in [3.05, 3.63) is 29.3 Å². The fourth-order valence-electron chi connectivity index (χ4n) is 4.05. The molecular formula is C19H30N2OS. The molecule has 1 heterocycles. The Kier molecular flexibility index (Phi) is 6.26. The monoisotopic (exact) mass is 334 g/mol. The minimum absolute atomic E-state index is 0.447. The molecule has 4 heteroatoms. The number of hydrogen-bond acceptors (Lipinski definition) is 4. The first-order valence-electron chi connectivity index (χ1n) is 9.10. The molecule has 0 radical (unpaired) electrons. The molecule has 1 aliphatic carbocycles. The summed E-state index contributed by atoms with van der Waals surface area (Å²) in [7, 11) is 1.80. The lowest BCUT2D eigenvalue weighted by Crippen LogP contribution is -2.36. The second-order valence-corrected chi connectivity index (χ2v) is 7.85. The van der Waals surface area contributed by atoms with Crippen LogP contribution in [0.3, 0.4) is 0 Å². The Morgan fingerprint density at radius 3 is 3.04 bits per heavy atom. The highest BCUT2D eigenvalue weighted by atomic mass is 32.2. The van der Waals surface area contributed by atoms with Gasteiger partial charge in [-0.2, -0.15) is 0 Å². The normalized spacial score (nSPS) is 24.6. The molecule has 1 N–H and O–H groups in total. The molecule has 0 saturated carbocycles. The number of benzene rings is 1. The number of ether oxygens (including phenoxy) is 1. The first-order valence-corrected chi connectivity index (χ1v) is 10.0. The van der Waals surface area contributed by atoms with Crippen LogP contribution in [0.15, 0.2) is 18.2 Å². The lowest BCUT2D eigenvalue weighted by atomic mass is 9.77. The average molecular weight is 335 g/mol. The number of nitrogens with one attached hydrogen (secondary N) is 1. The topological polar surface area (TPSA) is 24.5 Å². The fraction of sp³-hybridized carbons (Fsp3) is 0.684. The molecule has 128 valence electrons. The van der Waals surface area contributed by atoms with E-state index in [0.29, 0.717) is 6.04 Å². The maximum atomic E-state index is 5.69. The summed E-state index contributed by atoms with van der Waals surface area (Å²) in [5.41, 5.74) is 2.90. The molecule has 1 fully saturated rings. The third kappa shape index (κ3) is 4.04. The summed E-state index contributed by atoms with van der Waals surface area (Å²) >= 11 is 2.00. The number of hydrogen-bond donors (Lipinski definition) is 1. The predicted molar refractivity (Wildman–Crippen MR) is 99.1 cm³/mol. The first kappa shape index (κ1) is 17.1. The fourth-order valence-corrected chi connectivity index (χ4v) is 5.05. The Labute approximate surface area is 145 Å². The zero-order chi connectivity index (χ0) is 16.1. The number of methoxy groups -OCH3 is 1. The summed E-state index contributed by atoms with van der Waals surface area (Å²) in [5.74, 6) is 3.09. The van der Waals surface area contributed by atoms with Gasteiger partial charge in [-0.05, 0) is 43.2 Å². The van der Waals surface area contributed by atoms with Crippen molar-refractivity contribution in [2.45, 2.75) is 45.1 Å².